The molecule has 0 aliphatic carbocycles. The van der Waals surface area contributed by atoms with Crippen molar-refractivity contribution >= 4 is 11.7 Å². The molecule has 1 aromatic carbocycles. The Labute approximate surface area is 119 Å². The molecule has 0 unspecified atom stereocenters. The van der Waals surface area contributed by atoms with Crippen LogP contribution < -0.4 is 5.73 Å². The number of nitrogen functional groups attached to an aromatic ring is 1. The molecule has 1 aromatic heterocycles. The SMILES string of the molecule is Nc1nccnc1C(=O)N1CCc2c(F)ccc(F)c2C1. The first kappa shape index (κ1) is 13.4. The van der Waals surface area contributed by atoms with Crippen LogP contribution in [-0.4, -0.2) is 27.3 Å². The monoisotopic (exact) mass is 290 g/mol. The number of aromatic nitrogens is 2. The van der Waals surface area contributed by atoms with Gasteiger partial charge < -0.3 is 10.6 Å². The highest BCUT2D eigenvalue weighted by molar-refractivity contribution is 5.96. The Hall–Kier alpha value is -2.57. The molecule has 1 aliphatic rings. The lowest BCUT2D eigenvalue weighted by Crippen LogP contribution is -2.37. The summed E-state index contributed by atoms with van der Waals surface area (Å²) >= 11 is 0. The molecule has 0 saturated carbocycles. The lowest BCUT2D eigenvalue weighted by atomic mass is 9.98. The van der Waals surface area contributed by atoms with Gasteiger partial charge in [-0.15, -0.1) is 0 Å². The molecule has 0 atom stereocenters. The van der Waals surface area contributed by atoms with Crippen molar-refractivity contribution in [3.05, 3.63) is 53.0 Å². The van der Waals surface area contributed by atoms with Gasteiger partial charge in [0.2, 0.25) is 0 Å². The topological polar surface area (TPSA) is 72.1 Å². The van der Waals surface area contributed by atoms with E-state index in [9.17, 15) is 13.6 Å². The van der Waals surface area contributed by atoms with Crippen LogP contribution in [0.4, 0.5) is 14.6 Å². The van der Waals surface area contributed by atoms with Crippen LogP contribution >= 0.6 is 0 Å². The van der Waals surface area contributed by atoms with Crippen molar-refractivity contribution in [3.63, 3.8) is 0 Å². The predicted molar refractivity (Wildman–Crippen MR) is 71.2 cm³/mol. The van der Waals surface area contributed by atoms with Crippen molar-refractivity contribution in [3.8, 4) is 0 Å². The van der Waals surface area contributed by atoms with Gasteiger partial charge in [-0.1, -0.05) is 0 Å². The van der Waals surface area contributed by atoms with Crippen LogP contribution in [0.1, 0.15) is 21.6 Å². The summed E-state index contributed by atoms with van der Waals surface area (Å²) in [5, 5.41) is 0. The second kappa shape index (κ2) is 5.08. The molecule has 108 valence electrons. The molecule has 7 heteroatoms. The number of halogens is 2. The lowest BCUT2D eigenvalue weighted by molar-refractivity contribution is 0.0726. The molecular weight excluding hydrogens is 278 g/mol. The Kier molecular flexibility index (Phi) is 3.25. The third kappa shape index (κ3) is 2.31. The van der Waals surface area contributed by atoms with E-state index in [1.807, 2.05) is 0 Å². The number of nitrogens with two attached hydrogens (primary N) is 1. The van der Waals surface area contributed by atoms with E-state index in [-0.39, 0.29) is 36.6 Å². The molecule has 0 spiro atoms. The van der Waals surface area contributed by atoms with E-state index < -0.39 is 17.5 Å². The Morgan fingerprint density at radius 1 is 1.14 bits per heavy atom. The minimum absolute atomic E-state index is 0.00618. The number of hydrogen-bond donors (Lipinski definition) is 1. The summed E-state index contributed by atoms with van der Waals surface area (Å²) in [4.78, 5) is 21.5. The second-order valence-corrected chi connectivity index (χ2v) is 4.75. The van der Waals surface area contributed by atoms with Crippen LogP contribution in [0.2, 0.25) is 0 Å². The zero-order valence-corrected chi connectivity index (χ0v) is 11.0. The predicted octanol–water partition coefficient (Wildman–Crippen LogP) is 1.54. The third-order valence-electron chi connectivity index (χ3n) is 3.51. The number of anilines is 1. The van der Waals surface area contributed by atoms with Crippen LogP contribution in [0.25, 0.3) is 0 Å². The summed E-state index contributed by atoms with van der Waals surface area (Å²) in [6, 6.07) is 2.17. The number of hydrogen-bond acceptors (Lipinski definition) is 4. The maximum absolute atomic E-state index is 13.8. The summed E-state index contributed by atoms with van der Waals surface area (Å²) in [5.74, 6) is -1.38. The first-order valence-corrected chi connectivity index (χ1v) is 6.39. The zero-order valence-electron chi connectivity index (χ0n) is 11.0. The quantitative estimate of drug-likeness (QED) is 0.864. The normalized spacial score (nSPS) is 13.9. The third-order valence-corrected chi connectivity index (χ3v) is 3.51. The van der Waals surface area contributed by atoms with E-state index in [2.05, 4.69) is 9.97 Å². The van der Waals surface area contributed by atoms with Gasteiger partial charge in [0.15, 0.2) is 11.5 Å². The molecule has 2 N–H and O–H groups in total. The van der Waals surface area contributed by atoms with Crippen molar-refractivity contribution in [2.45, 2.75) is 13.0 Å². The first-order chi connectivity index (χ1) is 10.1. The van der Waals surface area contributed by atoms with E-state index in [1.165, 1.54) is 17.3 Å². The molecule has 1 amide bonds. The number of fused-ring (bicyclic) bond motifs is 1. The van der Waals surface area contributed by atoms with Gasteiger partial charge in [0.1, 0.15) is 11.6 Å². The van der Waals surface area contributed by atoms with Gasteiger partial charge in [0, 0.05) is 31.0 Å². The fraction of sp³-hybridized carbons (Fsp3) is 0.214. The Morgan fingerprint density at radius 3 is 2.52 bits per heavy atom. The molecule has 0 radical (unpaired) electrons. The van der Waals surface area contributed by atoms with E-state index in [4.69, 9.17) is 5.73 Å². The Morgan fingerprint density at radius 2 is 1.81 bits per heavy atom. The number of carbonyl (C=O) groups is 1. The van der Waals surface area contributed by atoms with Gasteiger partial charge in [-0.3, -0.25) is 4.79 Å². The summed E-state index contributed by atoms with van der Waals surface area (Å²) in [6.07, 6.45) is 3.00. The number of carbonyl (C=O) groups excluding carboxylic acids is 1. The minimum atomic E-state index is -0.518. The van der Waals surface area contributed by atoms with Gasteiger partial charge in [-0.05, 0) is 24.1 Å². The maximum Gasteiger partial charge on any atom is 0.276 e. The molecule has 0 bridgehead atoms. The van der Waals surface area contributed by atoms with Crippen LogP contribution in [0.3, 0.4) is 0 Å². The van der Waals surface area contributed by atoms with Gasteiger partial charge in [0.05, 0.1) is 0 Å². The molecule has 0 saturated heterocycles. The van der Waals surface area contributed by atoms with Crippen molar-refractivity contribution in [2.24, 2.45) is 0 Å². The molecule has 2 aromatic rings. The average Bonchev–Trinajstić information content (AvgIpc) is 2.50. The molecule has 1 aliphatic heterocycles. The summed E-state index contributed by atoms with van der Waals surface area (Å²) < 4.78 is 27.5. The number of amides is 1. The molecule has 0 fully saturated rings. The number of rotatable bonds is 1. The highest BCUT2D eigenvalue weighted by atomic mass is 19.1. The molecular formula is C14H12F2N4O. The number of benzene rings is 1. The van der Waals surface area contributed by atoms with Crippen LogP contribution in [0.15, 0.2) is 24.5 Å². The largest absolute Gasteiger partial charge is 0.382 e. The molecule has 2 heterocycles. The van der Waals surface area contributed by atoms with Gasteiger partial charge in [0.25, 0.3) is 5.91 Å². The fourth-order valence-electron chi connectivity index (χ4n) is 2.43. The lowest BCUT2D eigenvalue weighted by Gasteiger charge is -2.29. The van der Waals surface area contributed by atoms with Crippen LogP contribution in [0.5, 0.6) is 0 Å². The Bertz CT molecular complexity index is 720. The van der Waals surface area contributed by atoms with E-state index in [0.29, 0.717) is 5.56 Å². The van der Waals surface area contributed by atoms with Crippen molar-refractivity contribution < 1.29 is 13.6 Å². The summed E-state index contributed by atoms with van der Waals surface area (Å²) in [7, 11) is 0. The summed E-state index contributed by atoms with van der Waals surface area (Å²) in [5.41, 5.74) is 6.18. The van der Waals surface area contributed by atoms with E-state index in [1.54, 1.807) is 0 Å². The van der Waals surface area contributed by atoms with Crippen LogP contribution in [0, 0.1) is 11.6 Å². The van der Waals surface area contributed by atoms with E-state index in [0.717, 1.165) is 12.1 Å². The van der Waals surface area contributed by atoms with Crippen LogP contribution in [-0.2, 0) is 13.0 Å². The fourth-order valence-corrected chi connectivity index (χ4v) is 2.43. The first-order valence-electron chi connectivity index (χ1n) is 6.39. The highest BCUT2D eigenvalue weighted by Gasteiger charge is 2.27. The standard InChI is InChI=1S/C14H12F2N4O/c15-10-1-2-11(16)9-7-20(6-3-8(9)10)14(21)12-13(17)19-5-4-18-12/h1-2,4-5H,3,6-7H2,(H2,17,19). The summed E-state index contributed by atoms with van der Waals surface area (Å²) in [6.45, 7) is 0.274. The van der Waals surface area contributed by atoms with Gasteiger partial charge in [-0.25, -0.2) is 18.7 Å². The number of nitrogens with zero attached hydrogens (tertiary/aromatic N) is 3. The highest BCUT2D eigenvalue weighted by Crippen LogP contribution is 2.25. The smallest absolute Gasteiger partial charge is 0.276 e. The van der Waals surface area contributed by atoms with E-state index >= 15 is 0 Å². The average molecular weight is 290 g/mol. The molecule has 21 heavy (non-hydrogen) atoms. The van der Waals surface area contributed by atoms with Crippen molar-refractivity contribution in [1.29, 1.82) is 0 Å². The van der Waals surface area contributed by atoms with Crippen molar-refractivity contribution in [2.75, 3.05) is 12.3 Å². The second-order valence-electron chi connectivity index (χ2n) is 4.75. The Balaban J connectivity index is 1.92. The zero-order chi connectivity index (χ0) is 15.0. The van der Waals surface area contributed by atoms with Gasteiger partial charge in [-0.2, -0.15) is 0 Å². The minimum Gasteiger partial charge on any atom is -0.382 e. The molecule has 5 nitrogen and oxygen atoms in total. The van der Waals surface area contributed by atoms with Gasteiger partial charge >= 0.3 is 0 Å². The van der Waals surface area contributed by atoms with Crippen molar-refractivity contribution in [1.82, 2.24) is 14.9 Å². The maximum atomic E-state index is 13.8. The molecule has 3 rings (SSSR count).